The SMILES string of the molecule is CCCCc1ccc(N=Nc2sc(/N=N/c3cc(OC)c(N(CC(CC)CCCC)CC(CC)CCCC)cc3NS(=O)(=O)CCCC)nc2Cl)cc1. The summed E-state index contributed by atoms with van der Waals surface area (Å²) in [5.41, 5.74) is 3.49. The number of rotatable bonds is 26. The van der Waals surface area contributed by atoms with E-state index in [1.807, 2.05) is 25.1 Å². The molecule has 0 aliphatic carbocycles. The number of hydrogen-bond donors (Lipinski definition) is 1. The highest BCUT2D eigenvalue weighted by Crippen LogP contribution is 2.43. The van der Waals surface area contributed by atoms with E-state index in [0.717, 1.165) is 94.3 Å². The molecule has 0 radical (unpaired) electrons. The molecule has 10 nitrogen and oxygen atoms in total. The number of anilines is 2. The molecule has 53 heavy (non-hydrogen) atoms. The van der Waals surface area contributed by atoms with E-state index in [1.165, 1.54) is 18.4 Å². The van der Waals surface area contributed by atoms with Crippen LogP contribution in [0.1, 0.15) is 124 Å². The zero-order valence-electron chi connectivity index (χ0n) is 33.0. The highest BCUT2D eigenvalue weighted by atomic mass is 35.5. The summed E-state index contributed by atoms with van der Waals surface area (Å²) in [5, 5.41) is 18.4. The summed E-state index contributed by atoms with van der Waals surface area (Å²) in [5.74, 6) is 1.61. The first-order valence-electron chi connectivity index (χ1n) is 19.7. The fourth-order valence-corrected chi connectivity index (χ4v) is 8.27. The molecular weight excluding hydrogens is 726 g/mol. The molecule has 3 aromatic rings. The maximum absolute atomic E-state index is 13.3. The van der Waals surface area contributed by atoms with Gasteiger partial charge in [-0.2, -0.15) is 0 Å². The number of halogens is 1. The number of hydrogen-bond acceptors (Lipinski definition) is 10. The maximum atomic E-state index is 13.3. The van der Waals surface area contributed by atoms with E-state index in [1.54, 1.807) is 13.2 Å². The molecule has 0 spiro atoms. The summed E-state index contributed by atoms with van der Waals surface area (Å²) < 4.78 is 35.5. The average molecular weight is 789 g/mol. The molecule has 2 unspecified atom stereocenters. The van der Waals surface area contributed by atoms with Crippen molar-refractivity contribution in [3.63, 3.8) is 0 Å². The van der Waals surface area contributed by atoms with Crippen LogP contribution >= 0.6 is 22.9 Å². The van der Waals surface area contributed by atoms with Gasteiger partial charge >= 0.3 is 0 Å². The van der Waals surface area contributed by atoms with Crippen molar-refractivity contribution in [2.24, 2.45) is 32.3 Å². The van der Waals surface area contributed by atoms with Gasteiger partial charge in [0.2, 0.25) is 15.2 Å². The van der Waals surface area contributed by atoms with Gasteiger partial charge in [-0.1, -0.05) is 128 Å². The Balaban J connectivity index is 2.03. The van der Waals surface area contributed by atoms with Crippen LogP contribution in [-0.4, -0.2) is 39.4 Å². The first-order valence-corrected chi connectivity index (χ1v) is 22.5. The van der Waals surface area contributed by atoms with Gasteiger partial charge in [0.25, 0.3) is 0 Å². The molecule has 0 aliphatic rings. The summed E-state index contributed by atoms with van der Waals surface area (Å²) in [4.78, 5) is 6.75. The van der Waals surface area contributed by atoms with Crippen molar-refractivity contribution in [2.45, 2.75) is 125 Å². The molecular formula is C40H62ClN7O3S2. The second-order valence-electron chi connectivity index (χ2n) is 13.8. The van der Waals surface area contributed by atoms with Crippen molar-refractivity contribution >= 4 is 65.8 Å². The second kappa shape index (κ2) is 23.6. The van der Waals surface area contributed by atoms with Crippen LogP contribution in [0.3, 0.4) is 0 Å². The number of thiazole rings is 1. The number of sulfonamides is 1. The molecule has 2 atom stereocenters. The molecule has 3 rings (SSSR count). The van der Waals surface area contributed by atoms with E-state index in [2.05, 4.69) is 81.8 Å². The summed E-state index contributed by atoms with van der Waals surface area (Å²) in [7, 11) is -2.02. The van der Waals surface area contributed by atoms with Crippen molar-refractivity contribution in [3.8, 4) is 5.75 Å². The molecule has 0 saturated carbocycles. The Morgan fingerprint density at radius 3 is 2.02 bits per heavy atom. The third-order valence-corrected chi connectivity index (χ3v) is 12.1. The number of azo groups is 2. The van der Waals surface area contributed by atoms with E-state index < -0.39 is 10.0 Å². The molecule has 0 fully saturated rings. The third kappa shape index (κ3) is 14.9. The van der Waals surface area contributed by atoms with E-state index in [4.69, 9.17) is 16.3 Å². The van der Waals surface area contributed by atoms with Crippen molar-refractivity contribution in [1.82, 2.24) is 4.98 Å². The van der Waals surface area contributed by atoms with Crippen LogP contribution in [0.15, 0.2) is 56.9 Å². The Labute approximate surface area is 328 Å². The van der Waals surface area contributed by atoms with Crippen LogP contribution in [0.4, 0.5) is 32.9 Å². The molecule has 0 bridgehead atoms. The molecule has 0 saturated heterocycles. The van der Waals surface area contributed by atoms with Crippen molar-refractivity contribution in [2.75, 3.05) is 35.6 Å². The highest BCUT2D eigenvalue weighted by Gasteiger charge is 2.24. The number of benzene rings is 2. The number of unbranched alkanes of at least 4 members (excludes halogenated alkanes) is 4. The van der Waals surface area contributed by atoms with Gasteiger partial charge in [-0.3, -0.25) is 4.72 Å². The van der Waals surface area contributed by atoms with Crippen LogP contribution in [-0.2, 0) is 16.4 Å². The number of aryl methyl sites for hydroxylation is 1. The molecule has 1 aromatic heterocycles. The zero-order valence-corrected chi connectivity index (χ0v) is 35.4. The van der Waals surface area contributed by atoms with Gasteiger partial charge in [-0.25, -0.2) is 13.4 Å². The Morgan fingerprint density at radius 1 is 0.830 bits per heavy atom. The van der Waals surface area contributed by atoms with Gasteiger partial charge in [0.15, 0.2) is 10.2 Å². The fourth-order valence-electron chi connectivity index (χ4n) is 6.11. The van der Waals surface area contributed by atoms with Crippen LogP contribution in [0.25, 0.3) is 0 Å². The summed E-state index contributed by atoms with van der Waals surface area (Å²) >= 11 is 7.59. The Bertz CT molecular complexity index is 1660. The number of nitrogens with zero attached hydrogens (tertiary/aromatic N) is 6. The van der Waals surface area contributed by atoms with E-state index in [0.29, 0.717) is 46.1 Å². The average Bonchev–Trinajstić information content (AvgIpc) is 3.52. The van der Waals surface area contributed by atoms with Crippen molar-refractivity contribution in [1.29, 1.82) is 0 Å². The lowest BCUT2D eigenvalue weighted by Gasteiger charge is -2.34. The van der Waals surface area contributed by atoms with Crippen LogP contribution in [0.2, 0.25) is 5.15 Å². The highest BCUT2D eigenvalue weighted by molar-refractivity contribution is 7.92. The topological polar surface area (TPSA) is 121 Å². The first kappa shape index (κ1) is 44.3. The number of aromatic nitrogens is 1. The van der Waals surface area contributed by atoms with Crippen LogP contribution in [0, 0.1) is 11.8 Å². The van der Waals surface area contributed by atoms with Gasteiger partial charge in [0.05, 0.1) is 29.9 Å². The van der Waals surface area contributed by atoms with Crippen molar-refractivity contribution < 1.29 is 13.2 Å². The standard InChI is InChI=1S/C40H62ClN7O3S2/c1-8-14-18-30(12-5)28-48(29-31(13-6)19-15-9-2)36-26-35(47-53(49,50)25-17-11-4)34(27-37(36)51-7)44-46-40-42-38(41)39(52-40)45-43-33-23-21-32(22-24-33)20-16-10-3/h21-24,26-27,30-31,47H,8-20,25,28-29H2,1-7H3/b45-43?,46-44+. The summed E-state index contributed by atoms with van der Waals surface area (Å²) in [6.07, 6.45) is 13.7. The first-order chi connectivity index (χ1) is 25.6. The minimum absolute atomic E-state index is 0.00688. The summed E-state index contributed by atoms with van der Waals surface area (Å²) in [6, 6.07) is 11.6. The third-order valence-electron chi connectivity index (χ3n) is 9.53. The van der Waals surface area contributed by atoms with E-state index in [-0.39, 0.29) is 16.0 Å². The van der Waals surface area contributed by atoms with Crippen molar-refractivity contribution in [3.05, 3.63) is 47.1 Å². The van der Waals surface area contributed by atoms with E-state index in [9.17, 15) is 8.42 Å². The molecule has 294 valence electrons. The van der Waals surface area contributed by atoms with Crippen LogP contribution < -0.4 is 14.4 Å². The normalized spacial score (nSPS) is 13.2. The predicted octanol–water partition coefficient (Wildman–Crippen LogP) is 13.8. The van der Waals surface area contributed by atoms with Gasteiger partial charge in [0.1, 0.15) is 11.4 Å². The minimum atomic E-state index is -3.66. The molecule has 2 aromatic carbocycles. The quantitative estimate of drug-likeness (QED) is 0.0812. The predicted molar refractivity (Wildman–Crippen MR) is 225 cm³/mol. The number of nitrogens with one attached hydrogen (secondary N) is 1. The lowest BCUT2D eigenvalue weighted by atomic mass is 9.95. The lowest BCUT2D eigenvalue weighted by Crippen LogP contribution is -2.34. The van der Waals surface area contributed by atoms with Crippen LogP contribution in [0.5, 0.6) is 5.75 Å². The molecule has 0 amide bonds. The number of methoxy groups -OCH3 is 1. The number of ether oxygens (including phenoxy) is 1. The van der Waals surface area contributed by atoms with Gasteiger partial charge < -0.3 is 9.64 Å². The monoisotopic (exact) mass is 787 g/mol. The summed E-state index contributed by atoms with van der Waals surface area (Å²) in [6.45, 7) is 14.8. The molecule has 13 heteroatoms. The van der Waals surface area contributed by atoms with Gasteiger partial charge in [0, 0.05) is 19.2 Å². The fraction of sp³-hybridized carbons (Fsp3) is 0.625. The smallest absolute Gasteiger partial charge is 0.233 e. The Hall–Kier alpha value is -3.09. The lowest BCUT2D eigenvalue weighted by molar-refractivity contribution is 0.390. The largest absolute Gasteiger partial charge is 0.494 e. The maximum Gasteiger partial charge on any atom is 0.233 e. The zero-order chi connectivity index (χ0) is 38.6. The molecule has 1 heterocycles. The Morgan fingerprint density at radius 2 is 1.45 bits per heavy atom. The molecule has 1 N–H and O–H groups in total. The van der Waals surface area contributed by atoms with Gasteiger partial charge in [-0.15, -0.1) is 20.5 Å². The van der Waals surface area contributed by atoms with E-state index >= 15 is 0 Å². The minimum Gasteiger partial charge on any atom is -0.494 e. The Kier molecular flexibility index (Phi) is 19.8. The van der Waals surface area contributed by atoms with Gasteiger partial charge in [-0.05, 0) is 67.7 Å². The molecule has 0 aliphatic heterocycles. The second-order valence-corrected chi connectivity index (χ2v) is 17.0.